The first-order valence-corrected chi connectivity index (χ1v) is 6.14. The van der Waals surface area contributed by atoms with Crippen LogP contribution in [0, 0.1) is 0 Å². The van der Waals surface area contributed by atoms with Gasteiger partial charge in [0.2, 0.25) is 0 Å². The zero-order chi connectivity index (χ0) is 12.9. The number of rotatable bonds is 4. The van der Waals surface area contributed by atoms with E-state index in [0.717, 1.165) is 38.2 Å². The first-order valence-electron chi connectivity index (χ1n) is 6.14. The number of carboxylic acids is 1. The molecule has 1 rings (SSSR count). The standard InChI is InChI=1S/C13H20O4/c1-3-13(7-5-4-6-8-13)17-12(16)10(2)9-11(14)15/h9H,3-8H2,1-2H3,(H,14,15)/b10-9-. The molecule has 17 heavy (non-hydrogen) atoms. The molecule has 0 aromatic rings. The van der Waals surface area contributed by atoms with Crippen LogP contribution in [0.4, 0.5) is 0 Å². The fourth-order valence-electron chi connectivity index (χ4n) is 2.25. The third-order valence-electron chi connectivity index (χ3n) is 3.38. The molecule has 4 nitrogen and oxygen atoms in total. The highest BCUT2D eigenvalue weighted by molar-refractivity contribution is 5.95. The van der Waals surface area contributed by atoms with Crippen LogP contribution in [0.3, 0.4) is 0 Å². The number of aliphatic carboxylic acids is 1. The SMILES string of the molecule is CCC1(OC(=O)/C(C)=C\C(=O)O)CCCCC1. The molecule has 1 aliphatic rings. The summed E-state index contributed by atoms with van der Waals surface area (Å²) in [6, 6.07) is 0. The van der Waals surface area contributed by atoms with Crippen molar-refractivity contribution in [2.75, 3.05) is 0 Å². The minimum atomic E-state index is -1.12. The monoisotopic (exact) mass is 240 g/mol. The van der Waals surface area contributed by atoms with Crippen molar-refractivity contribution in [3.05, 3.63) is 11.6 Å². The number of esters is 1. The Morgan fingerprint density at radius 2 is 1.88 bits per heavy atom. The molecule has 0 atom stereocenters. The normalized spacial score (nSPS) is 19.8. The maximum Gasteiger partial charge on any atom is 0.334 e. The van der Waals surface area contributed by atoms with Gasteiger partial charge in [0.1, 0.15) is 5.60 Å². The number of carbonyl (C=O) groups is 2. The van der Waals surface area contributed by atoms with Gasteiger partial charge in [0.15, 0.2) is 0 Å². The Kier molecular flexibility index (Phi) is 4.73. The fourth-order valence-corrected chi connectivity index (χ4v) is 2.25. The molecule has 0 bridgehead atoms. The van der Waals surface area contributed by atoms with E-state index in [1.807, 2.05) is 6.92 Å². The third-order valence-corrected chi connectivity index (χ3v) is 3.38. The molecule has 0 radical (unpaired) electrons. The molecule has 0 amide bonds. The highest BCUT2D eigenvalue weighted by Gasteiger charge is 2.34. The molecule has 0 unspecified atom stereocenters. The van der Waals surface area contributed by atoms with Crippen molar-refractivity contribution >= 4 is 11.9 Å². The number of carbonyl (C=O) groups excluding carboxylic acids is 1. The van der Waals surface area contributed by atoms with Crippen LogP contribution in [0.2, 0.25) is 0 Å². The van der Waals surface area contributed by atoms with E-state index in [9.17, 15) is 9.59 Å². The van der Waals surface area contributed by atoms with Crippen molar-refractivity contribution in [2.45, 2.75) is 58.0 Å². The molecule has 0 aromatic heterocycles. The Morgan fingerprint density at radius 1 is 1.29 bits per heavy atom. The summed E-state index contributed by atoms with van der Waals surface area (Å²) < 4.78 is 5.52. The lowest BCUT2D eigenvalue weighted by Crippen LogP contribution is -2.36. The minimum Gasteiger partial charge on any atom is -0.478 e. The Balaban J connectivity index is 2.68. The number of hydrogen-bond acceptors (Lipinski definition) is 3. The summed E-state index contributed by atoms with van der Waals surface area (Å²) >= 11 is 0. The average Bonchev–Trinajstić information content (AvgIpc) is 2.29. The number of carboxylic acid groups (broad SMARTS) is 1. The van der Waals surface area contributed by atoms with Gasteiger partial charge in [-0.15, -0.1) is 0 Å². The van der Waals surface area contributed by atoms with E-state index >= 15 is 0 Å². The van der Waals surface area contributed by atoms with Crippen molar-refractivity contribution in [3.8, 4) is 0 Å². The molecule has 4 heteroatoms. The van der Waals surface area contributed by atoms with Gasteiger partial charge < -0.3 is 9.84 Å². The van der Waals surface area contributed by atoms with Crippen LogP contribution in [-0.2, 0) is 14.3 Å². The molecule has 1 aliphatic carbocycles. The van der Waals surface area contributed by atoms with Crippen molar-refractivity contribution in [1.82, 2.24) is 0 Å². The molecule has 0 aliphatic heterocycles. The van der Waals surface area contributed by atoms with Gasteiger partial charge in [-0.25, -0.2) is 9.59 Å². The van der Waals surface area contributed by atoms with Gasteiger partial charge in [-0.2, -0.15) is 0 Å². The zero-order valence-corrected chi connectivity index (χ0v) is 10.5. The summed E-state index contributed by atoms with van der Waals surface area (Å²) in [4.78, 5) is 22.2. The van der Waals surface area contributed by atoms with E-state index in [1.165, 1.54) is 13.3 Å². The van der Waals surface area contributed by atoms with Crippen LogP contribution in [0.5, 0.6) is 0 Å². The van der Waals surface area contributed by atoms with Crippen molar-refractivity contribution in [1.29, 1.82) is 0 Å². The molecule has 96 valence electrons. The summed E-state index contributed by atoms with van der Waals surface area (Å²) in [6.07, 6.45) is 6.79. The summed E-state index contributed by atoms with van der Waals surface area (Å²) in [6.45, 7) is 3.48. The zero-order valence-electron chi connectivity index (χ0n) is 10.5. The smallest absolute Gasteiger partial charge is 0.334 e. The first-order chi connectivity index (χ1) is 7.99. The van der Waals surface area contributed by atoms with Crippen LogP contribution in [0.1, 0.15) is 52.4 Å². The third kappa shape index (κ3) is 3.88. The average molecular weight is 240 g/mol. The fraction of sp³-hybridized carbons (Fsp3) is 0.692. The van der Waals surface area contributed by atoms with Gasteiger partial charge >= 0.3 is 11.9 Å². The largest absolute Gasteiger partial charge is 0.478 e. The van der Waals surface area contributed by atoms with Gasteiger partial charge in [-0.3, -0.25) is 0 Å². The topological polar surface area (TPSA) is 63.6 Å². The van der Waals surface area contributed by atoms with E-state index in [4.69, 9.17) is 9.84 Å². The lowest BCUT2D eigenvalue weighted by Gasteiger charge is -2.36. The molecule has 1 N–H and O–H groups in total. The molecule has 0 heterocycles. The summed E-state index contributed by atoms with van der Waals surface area (Å²) in [7, 11) is 0. The van der Waals surface area contributed by atoms with Crippen LogP contribution in [0.25, 0.3) is 0 Å². The van der Waals surface area contributed by atoms with Crippen LogP contribution in [0.15, 0.2) is 11.6 Å². The van der Waals surface area contributed by atoms with Gasteiger partial charge in [-0.1, -0.05) is 13.3 Å². The highest BCUT2D eigenvalue weighted by atomic mass is 16.6. The Hall–Kier alpha value is -1.32. The van der Waals surface area contributed by atoms with Crippen molar-refractivity contribution in [2.24, 2.45) is 0 Å². The molecule has 1 fully saturated rings. The van der Waals surface area contributed by atoms with Crippen LogP contribution in [-0.4, -0.2) is 22.6 Å². The van der Waals surface area contributed by atoms with E-state index in [-0.39, 0.29) is 11.2 Å². The summed E-state index contributed by atoms with van der Waals surface area (Å²) in [5.41, 5.74) is -0.223. The predicted molar refractivity (Wildman–Crippen MR) is 63.6 cm³/mol. The predicted octanol–water partition coefficient (Wildman–Crippen LogP) is 2.67. The number of ether oxygens (including phenoxy) is 1. The second-order valence-electron chi connectivity index (χ2n) is 4.65. The lowest BCUT2D eigenvalue weighted by atomic mass is 9.82. The number of hydrogen-bond donors (Lipinski definition) is 1. The van der Waals surface area contributed by atoms with Crippen molar-refractivity contribution < 1.29 is 19.4 Å². The van der Waals surface area contributed by atoms with E-state index in [1.54, 1.807) is 0 Å². The Bertz CT molecular complexity index is 324. The van der Waals surface area contributed by atoms with Gasteiger partial charge in [0, 0.05) is 11.6 Å². The van der Waals surface area contributed by atoms with Gasteiger partial charge in [0.25, 0.3) is 0 Å². The van der Waals surface area contributed by atoms with Crippen LogP contribution >= 0.6 is 0 Å². The van der Waals surface area contributed by atoms with Gasteiger partial charge in [-0.05, 0) is 39.0 Å². The van der Waals surface area contributed by atoms with E-state index < -0.39 is 11.9 Å². The first kappa shape index (κ1) is 13.7. The van der Waals surface area contributed by atoms with E-state index in [2.05, 4.69) is 0 Å². The second kappa shape index (κ2) is 5.84. The second-order valence-corrected chi connectivity index (χ2v) is 4.65. The molecule has 1 saturated carbocycles. The highest BCUT2D eigenvalue weighted by Crippen LogP contribution is 2.34. The summed E-state index contributed by atoms with van der Waals surface area (Å²) in [5, 5.41) is 8.58. The molecule has 0 saturated heterocycles. The van der Waals surface area contributed by atoms with Gasteiger partial charge in [0.05, 0.1) is 0 Å². The summed E-state index contributed by atoms with van der Waals surface area (Å²) in [5.74, 6) is -1.62. The quantitative estimate of drug-likeness (QED) is 0.606. The molecule has 0 aromatic carbocycles. The molecular weight excluding hydrogens is 220 g/mol. The maximum absolute atomic E-state index is 11.8. The Labute approximate surface area is 102 Å². The lowest BCUT2D eigenvalue weighted by molar-refractivity contribution is -0.159. The van der Waals surface area contributed by atoms with E-state index in [0.29, 0.717) is 0 Å². The Morgan fingerprint density at radius 3 is 2.35 bits per heavy atom. The van der Waals surface area contributed by atoms with Crippen molar-refractivity contribution in [3.63, 3.8) is 0 Å². The maximum atomic E-state index is 11.8. The minimum absolute atomic E-state index is 0.149. The molecule has 0 spiro atoms. The van der Waals surface area contributed by atoms with Crippen LogP contribution < -0.4 is 0 Å². The molecular formula is C13H20O4.